The van der Waals surface area contributed by atoms with E-state index in [9.17, 15) is 5.11 Å². The largest absolute Gasteiger partial charge is 0.508 e. The molecule has 25 heavy (non-hydrogen) atoms. The molecule has 0 heterocycles. The average molecular weight is 344 g/mol. The van der Waals surface area contributed by atoms with Gasteiger partial charge in [0, 0.05) is 12.1 Å². The number of aromatic hydroxyl groups is 1. The summed E-state index contributed by atoms with van der Waals surface area (Å²) >= 11 is 0. The van der Waals surface area contributed by atoms with Crippen molar-refractivity contribution in [3.8, 4) is 11.5 Å². The van der Waals surface area contributed by atoms with E-state index in [4.69, 9.17) is 16.2 Å². The number of para-hydroxylation sites is 2. The van der Waals surface area contributed by atoms with Gasteiger partial charge in [-0.1, -0.05) is 36.4 Å². The molecule has 2 atom stereocenters. The van der Waals surface area contributed by atoms with Crippen molar-refractivity contribution in [2.24, 2.45) is 11.5 Å². The molecule has 2 rings (SSSR count). The Bertz CT molecular complexity index is 612. The third-order valence-electron chi connectivity index (χ3n) is 3.92. The molecule has 0 radical (unpaired) electrons. The highest BCUT2D eigenvalue weighted by atomic mass is 16.5. The van der Waals surface area contributed by atoms with Crippen LogP contribution in [0.4, 0.5) is 0 Å². The minimum atomic E-state index is 0.199. The van der Waals surface area contributed by atoms with Gasteiger partial charge in [0.1, 0.15) is 11.5 Å². The van der Waals surface area contributed by atoms with Crippen LogP contribution in [0.1, 0.15) is 37.8 Å². The zero-order chi connectivity index (χ0) is 18.7. The van der Waals surface area contributed by atoms with E-state index in [0.29, 0.717) is 5.75 Å². The Kier molecular flexibility index (Phi) is 9.66. The predicted octanol–water partition coefficient (Wildman–Crippen LogP) is 3.65. The lowest BCUT2D eigenvalue weighted by atomic mass is 10.1. The van der Waals surface area contributed by atoms with Crippen molar-refractivity contribution in [3.63, 3.8) is 0 Å². The molecule has 2 aromatic carbocycles. The van der Waals surface area contributed by atoms with Crippen molar-refractivity contribution < 1.29 is 9.84 Å². The van der Waals surface area contributed by atoms with Crippen LogP contribution in [0.15, 0.2) is 48.5 Å². The molecule has 0 bridgehead atoms. The number of hydrogen-bond acceptors (Lipinski definition) is 4. The van der Waals surface area contributed by atoms with Gasteiger partial charge in [0.15, 0.2) is 0 Å². The highest BCUT2D eigenvalue weighted by Gasteiger charge is 2.02. The van der Waals surface area contributed by atoms with Crippen molar-refractivity contribution in [1.29, 1.82) is 0 Å². The van der Waals surface area contributed by atoms with E-state index in [-0.39, 0.29) is 12.1 Å². The summed E-state index contributed by atoms with van der Waals surface area (Å²) in [5.74, 6) is 1.33. The van der Waals surface area contributed by atoms with Gasteiger partial charge in [-0.3, -0.25) is 0 Å². The zero-order valence-electron chi connectivity index (χ0n) is 15.6. The first-order chi connectivity index (χ1) is 11.9. The summed E-state index contributed by atoms with van der Waals surface area (Å²) in [5.41, 5.74) is 13.5. The van der Waals surface area contributed by atoms with Crippen LogP contribution in [-0.4, -0.2) is 24.3 Å². The van der Waals surface area contributed by atoms with Crippen LogP contribution in [-0.2, 0) is 12.8 Å². The van der Waals surface area contributed by atoms with Gasteiger partial charge in [-0.05, 0) is 62.8 Å². The van der Waals surface area contributed by atoms with E-state index in [0.717, 1.165) is 37.0 Å². The molecular weight excluding hydrogens is 312 g/mol. The summed E-state index contributed by atoms with van der Waals surface area (Å²) in [5, 5.41) is 9.38. The molecule has 0 saturated carbocycles. The van der Waals surface area contributed by atoms with Crippen LogP contribution in [0.5, 0.6) is 11.5 Å². The quantitative estimate of drug-likeness (QED) is 0.716. The van der Waals surface area contributed by atoms with E-state index < -0.39 is 0 Å². The van der Waals surface area contributed by atoms with Gasteiger partial charge in [-0.2, -0.15) is 0 Å². The number of benzene rings is 2. The molecule has 4 nitrogen and oxygen atoms in total. The van der Waals surface area contributed by atoms with Crippen molar-refractivity contribution in [3.05, 3.63) is 59.7 Å². The Hall–Kier alpha value is -2.04. The van der Waals surface area contributed by atoms with Gasteiger partial charge in [0.05, 0.1) is 7.11 Å². The van der Waals surface area contributed by atoms with Crippen LogP contribution in [0, 0.1) is 0 Å². The van der Waals surface area contributed by atoms with Crippen molar-refractivity contribution in [2.75, 3.05) is 7.11 Å². The van der Waals surface area contributed by atoms with E-state index in [1.807, 2.05) is 50.2 Å². The number of phenolic OH excluding ortho intramolecular Hbond substituents is 1. The van der Waals surface area contributed by atoms with E-state index in [1.165, 1.54) is 5.56 Å². The number of ether oxygens (including phenoxy) is 1. The third-order valence-corrected chi connectivity index (χ3v) is 3.92. The molecule has 0 aromatic heterocycles. The van der Waals surface area contributed by atoms with Gasteiger partial charge in [0.25, 0.3) is 0 Å². The fraction of sp³-hybridized carbons (Fsp3) is 0.429. The molecule has 0 saturated heterocycles. The van der Waals surface area contributed by atoms with Gasteiger partial charge in [-0.25, -0.2) is 0 Å². The van der Waals surface area contributed by atoms with Crippen molar-refractivity contribution in [2.45, 2.75) is 51.6 Å². The zero-order valence-corrected chi connectivity index (χ0v) is 15.6. The molecule has 0 aliphatic rings. The third kappa shape index (κ3) is 8.57. The van der Waals surface area contributed by atoms with Gasteiger partial charge in [-0.15, -0.1) is 0 Å². The van der Waals surface area contributed by atoms with Gasteiger partial charge in [0.2, 0.25) is 0 Å². The maximum atomic E-state index is 9.38. The molecule has 0 aliphatic heterocycles. The molecular formula is C21H32N2O2. The summed E-state index contributed by atoms with van der Waals surface area (Å²) in [6, 6.07) is 15.9. The maximum absolute atomic E-state index is 9.38. The van der Waals surface area contributed by atoms with Crippen molar-refractivity contribution >= 4 is 0 Å². The lowest BCUT2D eigenvalue weighted by Crippen LogP contribution is -2.15. The van der Waals surface area contributed by atoms with E-state index in [2.05, 4.69) is 6.07 Å². The summed E-state index contributed by atoms with van der Waals surface area (Å²) < 4.78 is 5.24. The first kappa shape index (κ1) is 21.0. The Morgan fingerprint density at radius 1 is 0.840 bits per heavy atom. The molecule has 0 aliphatic carbocycles. The smallest absolute Gasteiger partial charge is 0.122 e. The van der Waals surface area contributed by atoms with Crippen LogP contribution in [0.3, 0.4) is 0 Å². The summed E-state index contributed by atoms with van der Waals surface area (Å²) in [7, 11) is 1.70. The van der Waals surface area contributed by atoms with E-state index in [1.54, 1.807) is 13.2 Å². The number of hydrogen-bond donors (Lipinski definition) is 3. The molecule has 0 fully saturated rings. The molecule has 4 heteroatoms. The SMILES string of the molecule is CC(N)CCc1ccccc1O.COc1ccccc1CCC(C)N. The summed E-state index contributed by atoms with van der Waals surface area (Å²) in [6.07, 6.45) is 3.75. The number of aryl methyl sites for hydroxylation is 2. The van der Waals surface area contributed by atoms with E-state index >= 15 is 0 Å². The number of methoxy groups -OCH3 is 1. The molecule has 2 unspecified atom stereocenters. The predicted molar refractivity (Wildman–Crippen MR) is 105 cm³/mol. The molecule has 5 N–H and O–H groups in total. The second-order valence-electron chi connectivity index (χ2n) is 6.47. The normalized spacial score (nSPS) is 12.7. The first-order valence-corrected chi connectivity index (χ1v) is 8.84. The molecule has 0 amide bonds. The van der Waals surface area contributed by atoms with Crippen LogP contribution in [0.25, 0.3) is 0 Å². The Morgan fingerprint density at radius 3 is 1.84 bits per heavy atom. The summed E-state index contributed by atoms with van der Waals surface area (Å²) in [6.45, 7) is 4.00. The maximum Gasteiger partial charge on any atom is 0.122 e. The highest BCUT2D eigenvalue weighted by molar-refractivity contribution is 5.33. The second kappa shape index (κ2) is 11.5. The lowest BCUT2D eigenvalue weighted by molar-refractivity contribution is 0.408. The lowest BCUT2D eigenvalue weighted by Gasteiger charge is -2.09. The standard InChI is InChI=1S/C11H17NO.C10H15NO/c1-9(12)7-8-10-5-3-4-6-11(10)13-2;1-8(11)6-7-9-4-2-3-5-10(9)12/h3-6,9H,7-8,12H2,1-2H3;2-5,8,12H,6-7,11H2,1H3. The monoisotopic (exact) mass is 344 g/mol. The van der Waals surface area contributed by atoms with Crippen LogP contribution < -0.4 is 16.2 Å². The topological polar surface area (TPSA) is 81.5 Å². The Balaban J connectivity index is 0.000000251. The fourth-order valence-corrected chi connectivity index (χ4v) is 2.40. The number of phenols is 1. The fourth-order valence-electron chi connectivity index (χ4n) is 2.40. The molecule has 0 spiro atoms. The Labute approximate surface area is 151 Å². The summed E-state index contributed by atoms with van der Waals surface area (Å²) in [4.78, 5) is 0. The number of nitrogens with two attached hydrogens (primary N) is 2. The second-order valence-corrected chi connectivity index (χ2v) is 6.47. The van der Waals surface area contributed by atoms with Crippen LogP contribution >= 0.6 is 0 Å². The van der Waals surface area contributed by atoms with Crippen LogP contribution in [0.2, 0.25) is 0 Å². The van der Waals surface area contributed by atoms with Crippen molar-refractivity contribution in [1.82, 2.24) is 0 Å². The Morgan fingerprint density at radius 2 is 1.32 bits per heavy atom. The molecule has 138 valence electrons. The minimum absolute atomic E-state index is 0.199. The van der Waals surface area contributed by atoms with Gasteiger partial charge < -0.3 is 21.3 Å². The minimum Gasteiger partial charge on any atom is -0.508 e. The first-order valence-electron chi connectivity index (χ1n) is 8.84. The number of rotatable bonds is 7. The highest BCUT2D eigenvalue weighted by Crippen LogP contribution is 2.19. The van der Waals surface area contributed by atoms with Gasteiger partial charge >= 0.3 is 0 Å². The average Bonchev–Trinajstić information content (AvgIpc) is 2.60. The molecule has 2 aromatic rings.